The number of carboxylic acids is 1. The van der Waals surface area contributed by atoms with Crippen LogP contribution in [0.2, 0.25) is 0 Å². The van der Waals surface area contributed by atoms with Crippen molar-refractivity contribution in [3.8, 4) is 0 Å². The van der Waals surface area contributed by atoms with E-state index in [1.807, 2.05) is 13.8 Å². The highest BCUT2D eigenvalue weighted by Gasteiger charge is 2.41. The van der Waals surface area contributed by atoms with Gasteiger partial charge in [-0.2, -0.15) is 0 Å². The average Bonchev–Trinajstić information content (AvgIpc) is 2.44. The van der Waals surface area contributed by atoms with Crippen molar-refractivity contribution >= 4 is 12.0 Å². The van der Waals surface area contributed by atoms with Crippen molar-refractivity contribution in [3.05, 3.63) is 0 Å². The van der Waals surface area contributed by atoms with Gasteiger partial charge in [0, 0.05) is 12.6 Å². The summed E-state index contributed by atoms with van der Waals surface area (Å²) in [5.74, 6) is -0.201. The molecule has 116 valence electrons. The minimum Gasteiger partial charge on any atom is -0.481 e. The van der Waals surface area contributed by atoms with Crippen LogP contribution in [0.4, 0.5) is 4.79 Å². The first-order valence-corrected chi connectivity index (χ1v) is 7.71. The molecule has 5 heteroatoms. The zero-order valence-electron chi connectivity index (χ0n) is 12.9. The summed E-state index contributed by atoms with van der Waals surface area (Å²) in [6.45, 7) is 6.42. The zero-order valence-corrected chi connectivity index (χ0v) is 12.9. The molecule has 0 aliphatic heterocycles. The standard InChI is InChI=1S/C15H28N2O3/c1-4-12(5-2)17-14(20)16-10-15(13(18)19)8-6-11(3)7-9-15/h11-12H,4-10H2,1-3H3,(H,18,19)(H2,16,17,20). The van der Waals surface area contributed by atoms with Crippen LogP contribution in [0, 0.1) is 11.3 Å². The molecular formula is C15H28N2O3. The number of amides is 2. The van der Waals surface area contributed by atoms with Crippen LogP contribution in [0.3, 0.4) is 0 Å². The fourth-order valence-corrected chi connectivity index (χ4v) is 2.76. The summed E-state index contributed by atoms with van der Waals surface area (Å²) in [7, 11) is 0. The Morgan fingerprint density at radius 2 is 1.80 bits per heavy atom. The molecule has 0 radical (unpaired) electrons. The number of carbonyl (C=O) groups excluding carboxylic acids is 1. The predicted molar refractivity (Wildman–Crippen MR) is 78.6 cm³/mol. The molecular weight excluding hydrogens is 256 g/mol. The Labute approximate surface area is 121 Å². The molecule has 1 saturated carbocycles. The number of hydrogen-bond donors (Lipinski definition) is 3. The number of aliphatic carboxylic acids is 1. The molecule has 2 amide bonds. The van der Waals surface area contributed by atoms with Gasteiger partial charge in [0.2, 0.25) is 0 Å². The van der Waals surface area contributed by atoms with Gasteiger partial charge in [0.25, 0.3) is 0 Å². The number of carboxylic acid groups (broad SMARTS) is 1. The molecule has 0 atom stereocenters. The highest BCUT2D eigenvalue weighted by Crippen LogP contribution is 2.38. The van der Waals surface area contributed by atoms with Crippen molar-refractivity contribution in [1.29, 1.82) is 0 Å². The molecule has 1 fully saturated rings. The Bertz CT molecular complexity index is 332. The van der Waals surface area contributed by atoms with E-state index in [-0.39, 0.29) is 18.6 Å². The second-order valence-corrected chi connectivity index (χ2v) is 6.11. The highest BCUT2D eigenvalue weighted by atomic mass is 16.4. The van der Waals surface area contributed by atoms with Crippen LogP contribution in [0.1, 0.15) is 59.3 Å². The number of rotatable bonds is 6. The van der Waals surface area contributed by atoms with Gasteiger partial charge in [-0.25, -0.2) is 4.79 Å². The number of nitrogens with one attached hydrogen (secondary N) is 2. The van der Waals surface area contributed by atoms with Crippen LogP contribution in [0.5, 0.6) is 0 Å². The van der Waals surface area contributed by atoms with Crippen LogP contribution < -0.4 is 10.6 Å². The minimum absolute atomic E-state index is 0.155. The van der Waals surface area contributed by atoms with E-state index in [2.05, 4.69) is 17.6 Å². The minimum atomic E-state index is -0.785. The number of carbonyl (C=O) groups is 2. The molecule has 1 aliphatic rings. The largest absolute Gasteiger partial charge is 0.481 e. The molecule has 0 bridgehead atoms. The van der Waals surface area contributed by atoms with Gasteiger partial charge in [-0.05, 0) is 44.4 Å². The lowest BCUT2D eigenvalue weighted by atomic mass is 9.71. The molecule has 0 unspecified atom stereocenters. The van der Waals surface area contributed by atoms with Crippen molar-refractivity contribution in [1.82, 2.24) is 10.6 Å². The van der Waals surface area contributed by atoms with E-state index >= 15 is 0 Å². The van der Waals surface area contributed by atoms with Crippen LogP contribution >= 0.6 is 0 Å². The molecule has 5 nitrogen and oxygen atoms in total. The van der Waals surface area contributed by atoms with E-state index in [1.165, 1.54) is 0 Å². The lowest BCUT2D eigenvalue weighted by Gasteiger charge is -2.35. The Hall–Kier alpha value is -1.26. The second-order valence-electron chi connectivity index (χ2n) is 6.11. The summed E-state index contributed by atoms with van der Waals surface area (Å²) in [5, 5.41) is 15.1. The van der Waals surface area contributed by atoms with Gasteiger partial charge < -0.3 is 15.7 Å². The van der Waals surface area contributed by atoms with Crippen LogP contribution in [0.25, 0.3) is 0 Å². The van der Waals surface area contributed by atoms with Crippen LogP contribution in [0.15, 0.2) is 0 Å². The molecule has 0 aromatic heterocycles. The van der Waals surface area contributed by atoms with Gasteiger partial charge in [0.05, 0.1) is 5.41 Å². The zero-order chi connectivity index (χ0) is 15.2. The first-order valence-electron chi connectivity index (χ1n) is 7.71. The third-order valence-corrected chi connectivity index (χ3v) is 4.59. The molecule has 0 saturated heterocycles. The molecule has 20 heavy (non-hydrogen) atoms. The molecule has 0 spiro atoms. The van der Waals surface area contributed by atoms with Crippen molar-refractivity contribution in [2.45, 2.75) is 65.3 Å². The first kappa shape index (κ1) is 16.8. The Balaban J connectivity index is 2.51. The summed E-state index contributed by atoms with van der Waals surface area (Å²) < 4.78 is 0. The summed E-state index contributed by atoms with van der Waals surface area (Å²) in [5.41, 5.74) is -0.780. The van der Waals surface area contributed by atoms with Gasteiger partial charge in [-0.3, -0.25) is 4.79 Å². The smallest absolute Gasteiger partial charge is 0.315 e. The van der Waals surface area contributed by atoms with Crippen LogP contribution in [-0.4, -0.2) is 29.7 Å². The Morgan fingerprint density at radius 3 is 2.25 bits per heavy atom. The SMILES string of the molecule is CCC(CC)NC(=O)NCC1(C(=O)O)CCC(C)CC1. The average molecular weight is 284 g/mol. The summed E-state index contributed by atoms with van der Waals surface area (Å²) in [6, 6.07) is -0.0971. The third-order valence-electron chi connectivity index (χ3n) is 4.59. The summed E-state index contributed by atoms with van der Waals surface area (Å²) in [6.07, 6.45) is 4.89. The van der Waals surface area contributed by atoms with E-state index < -0.39 is 11.4 Å². The summed E-state index contributed by atoms with van der Waals surface area (Å²) >= 11 is 0. The van der Waals surface area contributed by atoms with Gasteiger partial charge in [-0.1, -0.05) is 20.8 Å². The molecule has 1 rings (SSSR count). The normalized spacial score (nSPS) is 26.3. The van der Waals surface area contributed by atoms with Crippen molar-refractivity contribution in [2.75, 3.05) is 6.54 Å². The molecule has 1 aliphatic carbocycles. The van der Waals surface area contributed by atoms with Crippen LogP contribution in [-0.2, 0) is 4.79 Å². The molecule has 0 aromatic rings. The van der Waals surface area contributed by atoms with E-state index in [9.17, 15) is 14.7 Å². The van der Waals surface area contributed by atoms with Crippen molar-refractivity contribution in [2.24, 2.45) is 11.3 Å². The van der Waals surface area contributed by atoms with E-state index in [1.54, 1.807) is 0 Å². The van der Waals surface area contributed by atoms with E-state index in [0.717, 1.165) is 25.7 Å². The van der Waals surface area contributed by atoms with E-state index in [4.69, 9.17) is 0 Å². The Kier molecular flexibility index (Phi) is 6.30. The van der Waals surface area contributed by atoms with Crippen molar-refractivity contribution < 1.29 is 14.7 Å². The monoisotopic (exact) mass is 284 g/mol. The fraction of sp³-hybridized carbons (Fsp3) is 0.867. The number of hydrogen-bond acceptors (Lipinski definition) is 2. The quantitative estimate of drug-likeness (QED) is 0.701. The maximum Gasteiger partial charge on any atom is 0.315 e. The second kappa shape index (κ2) is 7.50. The van der Waals surface area contributed by atoms with Gasteiger partial charge >= 0.3 is 12.0 Å². The van der Waals surface area contributed by atoms with Gasteiger partial charge in [0.1, 0.15) is 0 Å². The van der Waals surface area contributed by atoms with Crippen molar-refractivity contribution in [3.63, 3.8) is 0 Å². The molecule has 0 aromatic carbocycles. The number of urea groups is 1. The maximum atomic E-state index is 11.8. The fourth-order valence-electron chi connectivity index (χ4n) is 2.76. The van der Waals surface area contributed by atoms with Gasteiger partial charge in [0.15, 0.2) is 0 Å². The maximum absolute atomic E-state index is 11.8. The topological polar surface area (TPSA) is 78.4 Å². The lowest BCUT2D eigenvalue weighted by Crippen LogP contribution is -2.49. The Morgan fingerprint density at radius 1 is 1.25 bits per heavy atom. The summed E-state index contributed by atoms with van der Waals surface area (Å²) in [4.78, 5) is 23.4. The molecule has 3 N–H and O–H groups in total. The van der Waals surface area contributed by atoms with E-state index in [0.29, 0.717) is 18.8 Å². The third kappa shape index (κ3) is 4.39. The lowest BCUT2D eigenvalue weighted by molar-refractivity contribution is -0.151. The predicted octanol–water partition coefficient (Wildman–Crippen LogP) is 2.76. The van der Waals surface area contributed by atoms with Gasteiger partial charge in [-0.15, -0.1) is 0 Å². The first-order chi connectivity index (χ1) is 9.43. The highest BCUT2D eigenvalue weighted by molar-refractivity contribution is 5.78. The molecule has 0 heterocycles.